The normalized spacial score (nSPS) is 37.3. The SMILES string of the molecule is CC1(C)CC(=O)CC(C)(F)C1. The molecule has 0 bridgehead atoms. The molecule has 1 nitrogen and oxygen atoms in total. The van der Waals surface area contributed by atoms with Gasteiger partial charge >= 0.3 is 0 Å². The Hall–Kier alpha value is -0.400. The number of Topliss-reactive ketones (excluding diaryl/α,β-unsaturated/α-hetero) is 1. The topological polar surface area (TPSA) is 17.1 Å². The Kier molecular flexibility index (Phi) is 1.81. The summed E-state index contributed by atoms with van der Waals surface area (Å²) in [5, 5.41) is 0. The lowest BCUT2D eigenvalue weighted by molar-refractivity contribution is -0.128. The quantitative estimate of drug-likeness (QED) is 0.529. The highest BCUT2D eigenvalue weighted by molar-refractivity contribution is 5.81. The second kappa shape index (κ2) is 2.29. The van der Waals surface area contributed by atoms with Gasteiger partial charge in [0.2, 0.25) is 0 Å². The fraction of sp³-hybridized carbons (Fsp3) is 0.889. The Morgan fingerprint density at radius 3 is 2.18 bits per heavy atom. The first-order chi connectivity index (χ1) is 4.81. The fourth-order valence-electron chi connectivity index (χ4n) is 2.13. The van der Waals surface area contributed by atoms with Gasteiger partial charge in [-0.05, 0) is 18.8 Å². The predicted molar refractivity (Wildman–Crippen MR) is 42.2 cm³/mol. The van der Waals surface area contributed by atoms with Gasteiger partial charge in [-0.2, -0.15) is 0 Å². The van der Waals surface area contributed by atoms with E-state index in [4.69, 9.17) is 0 Å². The second-order valence-electron chi connectivity index (χ2n) is 4.65. The monoisotopic (exact) mass is 158 g/mol. The van der Waals surface area contributed by atoms with Gasteiger partial charge in [-0.25, -0.2) is 4.39 Å². The Balaban J connectivity index is 2.74. The third-order valence-electron chi connectivity index (χ3n) is 2.09. The maximum Gasteiger partial charge on any atom is 0.136 e. The average Bonchev–Trinajstić information content (AvgIpc) is 1.49. The van der Waals surface area contributed by atoms with E-state index in [2.05, 4.69) is 0 Å². The predicted octanol–water partition coefficient (Wildman–Crippen LogP) is 2.49. The molecule has 1 rings (SSSR count). The van der Waals surface area contributed by atoms with Crippen LogP contribution in [-0.2, 0) is 4.79 Å². The molecule has 11 heavy (non-hydrogen) atoms. The van der Waals surface area contributed by atoms with Gasteiger partial charge in [0, 0.05) is 12.8 Å². The lowest BCUT2D eigenvalue weighted by atomic mass is 9.71. The Morgan fingerprint density at radius 1 is 1.27 bits per heavy atom. The van der Waals surface area contributed by atoms with Crippen LogP contribution in [0.2, 0.25) is 0 Å². The Bertz CT molecular complexity index is 164. The van der Waals surface area contributed by atoms with Crippen LogP contribution < -0.4 is 0 Å². The molecule has 0 spiro atoms. The van der Waals surface area contributed by atoms with Crippen molar-refractivity contribution in [3.05, 3.63) is 0 Å². The van der Waals surface area contributed by atoms with E-state index >= 15 is 0 Å². The van der Waals surface area contributed by atoms with Crippen molar-refractivity contribution >= 4 is 5.78 Å². The molecule has 2 heteroatoms. The molecule has 1 unspecified atom stereocenters. The third-order valence-corrected chi connectivity index (χ3v) is 2.09. The zero-order chi connectivity index (χ0) is 8.70. The molecule has 0 radical (unpaired) electrons. The first-order valence-electron chi connectivity index (χ1n) is 4.01. The molecule has 1 fully saturated rings. The van der Waals surface area contributed by atoms with Crippen LogP contribution in [0.15, 0.2) is 0 Å². The van der Waals surface area contributed by atoms with Crippen molar-refractivity contribution in [3.63, 3.8) is 0 Å². The highest BCUT2D eigenvalue weighted by Gasteiger charge is 2.40. The number of rotatable bonds is 0. The van der Waals surface area contributed by atoms with Crippen molar-refractivity contribution < 1.29 is 9.18 Å². The van der Waals surface area contributed by atoms with E-state index in [1.165, 1.54) is 6.92 Å². The highest BCUT2D eigenvalue weighted by Crippen LogP contribution is 2.40. The minimum Gasteiger partial charge on any atom is -0.300 e. The zero-order valence-corrected chi connectivity index (χ0v) is 7.41. The van der Waals surface area contributed by atoms with Crippen molar-refractivity contribution in [1.29, 1.82) is 0 Å². The Labute approximate surface area is 67.0 Å². The lowest BCUT2D eigenvalue weighted by Crippen LogP contribution is -2.37. The summed E-state index contributed by atoms with van der Waals surface area (Å²) < 4.78 is 13.4. The van der Waals surface area contributed by atoms with Crippen LogP contribution in [0.1, 0.15) is 40.0 Å². The van der Waals surface area contributed by atoms with Crippen LogP contribution in [-0.4, -0.2) is 11.5 Å². The van der Waals surface area contributed by atoms with Crippen molar-refractivity contribution in [1.82, 2.24) is 0 Å². The number of alkyl halides is 1. The summed E-state index contributed by atoms with van der Waals surface area (Å²) in [5.74, 6) is 0.0613. The van der Waals surface area contributed by atoms with Gasteiger partial charge in [0.1, 0.15) is 11.5 Å². The van der Waals surface area contributed by atoms with E-state index in [-0.39, 0.29) is 17.6 Å². The van der Waals surface area contributed by atoms with Crippen molar-refractivity contribution in [2.75, 3.05) is 0 Å². The molecule has 0 aromatic carbocycles. The van der Waals surface area contributed by atoms with Gasteiger partial charge in [0.25, 0.3) is 0 Å². The van der Waals surface area contributed by atoms with Crippen LogP contribution in [0.4, 0.5) is 4.39 Å². The summed E-state index contributed by atoms with van der Waals surface area (Å²) in [6, 6.07) is 0. The smallest absolute Gasteiger partial charge is 0.136 e. The molecule has 0 heterocycles. The summed E-state index contributed by atoms with van der Waals surface area (Å²) in [7, 11) is 0. The highest BCUT2D eigenvalue weighted by atomic mass is 19.1. The molecule has 0 saturated heterocycles. The van der Waals surface area contributed by atoms with Crippen molar-refractivity contribution in [2.45, 2.75) is 45.7 Å². The van der Waals surface area contributed by atoms with Gasteiger partial charge in [-0.15, -0.1) is 0 Å². The van der Waals surface area contributed by atoms with Crippen molar-refractivity contribution in [2.24, 2.45) is 5.41 Å². The number of carbonyl (C=O) groups is 1. The second-order valence-corrected chi connectivity index (χ2v) is 4.65. The minimum absolute atomic E-state index is 0.0613. The molecule has 1 saturated carbocycles. The molecule has 1 atom stereocenters. The molecule has 0 amide bonds. The molecule has 0 aromatic rings. The molecular formula is C9H15FO. The number of halogens is 1. The van der Waals surface area contributed by atoms with Crippen LogP contribution in [0, 0.1) is 5.41 Å². The fourth-order valence-corrected chi connectivity index (χ4v) is 2.13. The minimum atomic E-state index is -1.27. The van der Waals surface area contributed by atoms with Crippen LogP contribution in [0.25, 0.3) is 0 Å². The largest absolute Gasteiger partial charge is 0.300 e. The number of ketones is 1. The van der Waals surface area contributed by atoms with E-state index in [9.17, 15) is 9.18 Å². The average molecular weight is 158 g/mol. The van der Waals surface area contributed by atoms with Gasteiger partial charge in [0.05, 0.1) is 0 Å². The van der Waals surface area contributed by atoms with Gasteiger partial charge in [-0.1, -0.05) is 13.8 Å². The summed E-state index contributed by atoms with van der Waals surface area (Å²) in [5.41, 5.74) is -1.41. The maximum absolute atomic E-state index is 13.4. The molecule has 0 N–H and O–H groups in total. The third kappa shape index (κ3) is 2.28. The van der Waals surface area contributed by atoms with Crippen LogP contribution >= 0.6 is 0 Å². The maximum atomic E-state index is 13.4. The number of hydrogen-bond acceptors (Lipinski definition) is 1. The van der Waals surface area contributed by atoms with Crippen LogP contribution in [0.3, 0.4) is 0 Å². The first-order valence-corrected chi connectivity index (χ1v) is 4.01. The first kappa shape index (κ1) is 8.69. The number of carbonyl (C=O) groups excluding carboxylic acids is 1. The summed E-state index contributed by atoms with van der Waals surface area (Å²) in [6.45, 7) is 5.41. The molecule has 64 valence electrons. The van der Waals surface area contributed by atoms with E-state index in [1.807, 2.05) is 13.8 Å². The van der Waals surface area contributed by atoms with Gasteiger partial charge in [-0.3, -0.25) is 4.79 Å². The standard InChI is InChI=1S/C9H15FO/c1-8(2)4-7(11)5-9(3,10)6-8/h4-6H2,1-3H3. The van der Waals surface area contributed by atoms with Crippen molar-refractivity contribution in [3.8, 4) is 0 Å². The summed E-state index contributed by atoms with van der Waals surface area (Å²) in [6.07, 6.45) is 1.15. The van der Waals surface area contributed by atoms with E-state index in [0.29, 0.717) is 12.8 Å². The van der Waals surface area contributed by atoms with Gasteiger partial charge < -0.3 is 0 Å². The summed E-state index contributed by atoms with van der Waals surface area (Å²) >= 11 is 0. The van der Waals surface area contributed by atoms with E-state index < -0.39 is 5.67 Å². The molecule has 0 aromatic heterocycles. The van der Waals surface area contributed by atoms with E-state index in [0.717, 1.165) is 0 Å². The van der Waals surface area contributed by atoms with Gasteiger partial charge in [0.15, 0.2) is 0 Å². The molecule has 1 aliphatic carbocycles. The molecular weight excluding hydrogens is 143 g/mol. The van der Waals surface area contributed by atoms with E-state index in [1.54, 1.807) is 0 Å². The lowest BCUT2D eigenvalue weighted by Gasteiger charge is -2.36. The summed E-state index contributed by atoms with van der Waals surface area (Å²) in [4.78, 5) is 11.1. The Morgan fingerprint density at radius 2 is 1.82 bits per heavy atom. The number of hydrogen-bond donors (Lipinski definition) is 0. The molecule has 1 aliphatic rings. The molecule has 0 aliphatic heterocycles. The van der Waals surface area contributed by atoms with Crippen LogP contribution in [0.5, 0.6) is 0 Å². The zero-order valence-electron chi connectivity index (χ0n) is 7.41.